The van der Waals surface area contributed by atoms with Gasteiger partial charge in [-0.15, -0.1) is 13.2 Å². The number of benzene rings is 1. The third-order valence-electron chi connectivity index (χ3n) is 2.43. The van der Waals surface area contributed by atoms with Crippen molar-refractivity contribution in [1.82, 2.24) is 15.3 Å². The lowest BCUT2D eigenvalue weighted by Gasteiger charge is -2.09. The Kier molecular flexibility index (Phi) is 4.36. The molecule has 1 N–H and O–H groups in total. The fourth-order valence-electron chi connectivity index (χ4n) is 1.61. The fraction of sp³-hybridized carbons (Fsp3) is 0.154. The van der Waals surface area contributed by atoms with Crippen LogP contribution in [0.25, 0.3) is 11.3 Å². The summed E-state index contributed by atoms with van der Waals surface area (Å²) in [4.78, 5) is 18.4. The highest BCUT2D eigenvalue weighted by molar-refractivity contribution is 5.59. The Morgan fingerprint density at radius 2 is 1.90 bits per heavy atom. The standard InChI is InChI=1S/C13H10F3N3O2/c14-13(15,16)21-10-3-1-9(2-4-10)11-5-6-18-12(19-11)7-17-8-20/h1-6,8H,7H2,(H,17,20). The summed E-state index contributed by atoms with van der Waals surface area (Å²) in [6.45, 7) is 0.173. The summed E-state index contributed by atoms with van der Waals surface area (Å²) in [5.41, 5.74) is 1.14. The SMILES string of the molecule is O=CNCc1nccc(-c2ccc(OC(F)(F)F)cc2)n1. The molecule has 0 aliphatic rings. The van der Waals surface area contributed by atoms with E-state index in [4.69, 9.17) is 0 Å². The Bertz CT molecular complexity index is 615. The van der Waals surface area contributed by atoms with E-state index < -0.39 is 6.36 Å². The molecular weight excluding hydrogens is 287 g/mol. The molecule has 110 valence electrons. The average Bonchev–Trinajstić information content (AvgIpc) is 2.44. The second kappa shape index (κ2) is 6.21. The number of halogens is 3. The maximum absolute atomic E-state index is 12.1. The van der Waals surface area contributed by atoms with Crippen molar-refractivity contribution in [2.45, 2.75) is 12.9 Å². The summed E-state index contributed by atoms with van der Waals surface area (Å²) in [6, 6.07) is 6.94. The van der Waals surface area contributed by atoms with Crippen molar-refractivity contribution < 1.29 is 22.7 Å². The van der Waals surface area contributed by atoms with Crippen LogP contribution in [-0.2, 0) is 11.3 Å². The van der Waals surface area contributed by atoms with Crippen LogP contribution in [0.2, 0.25) is 0 Å². The minimum atomic E-state index is -4.72. The number of hydrogen-bond acceptors (Lipinski definition) is 4. The second-order valence-corrected chi connectivity index (χ2v) is 3.93. The summed E-state index contributed by atoms with van der Waals surface area (Å²) in [5.74, 6) is 0.0957. The van der Waals surface area contributed by atoms with Crippen molar-refractivity contribution in [2.75, 3.05) is 0 Å². The Hall–Kier alpha value is -2.64. The molecular formula is C13H10F3N3O2. The highest BCUT2D eigenvalue weighted by atomic mass is 19.4. The minimum absolute atomic E-state index is 0.173. The van der Waals surface area contributed by atoms with Gasteiger partial charge in [0.2, 0.25) is 6.41 Å². The lowest BCUT2D eigenvalue weighted by molar-refractivity contribution is -0.274. The summed E-state index contributed by atoms with van der Waals surface area (Å²) in [6.07, 6.45) is -2.69. The third kappa shape index (κ3) is 4.44. The number of ether oxygens (including phenoxy) is 1. The van der Waals surface area contributed by atoms with E-state index in [0.29, 0.717) is 23.5 Å². The van der Waals surface area contributed by atoms with Gasteiger partial charge in [-0.25, -0.2) is 9.97 Å². The van der Waals surface area contributed by atoms with E-state index in [9.17, 15) is 18.0 Å². The molecule has 2 aromatic rings. The van der Waals surface area contributed by atoms with Gasteiger partial charge in [-0.3, -0.25) is 4.79 Å². The summed E-state index contributed by atoms with van der Waals surface area (Å²) < 4.78 is 40.0. The van der Waals surface area contributed by atoms with Crippen LogP contribution in [0.1, 0.15) is 5.82 Å². The van der Waals surface area contributed by atoms with E-state index >= 15 is 0 Å². The number of nitrogens with zero attached hydrogens (tertiary/aromatic N) is 2. The van der Waals surface area contributed by atoms with Crippen molar-refractivity contribution in [2.24, 2.45) is 0 Å². The Labute approximate surface area is 117 Å². The molecule has 1 aromatic carbocycles. The number of amides is 1. The number of aromatic nitrogens is 2. The number of nitrogens with one attached hydrogen (secondary N) is 1. The van der Waals surface area contributed by atoms with Crippen LogP contribution >= 0.6 is 0 Å². The van der Waals surface area contributed by atoms with E-state index in [0.717, 1.165) is 0 Å². The Morgan fingerprint density at radius 1 is 1.19 bits per heavy atom. The molecule has 8 heteroatoms. The molecule has 0 unspecified atom stereocenters. The van der Waals surface area contributed by atoms with Gasteiger partial charge in [-0.1, -0.05) is 0 Å². The number of carbonyl (C=O) groups excluding carboxylic acids is 1. The predicted molar refractivity (Wildman–Crippen MR) is 67.1 cm³/mol. The van der Waals surface area contributed by atoms with Crippen LogP contribution < -0.4 is 10.1 Å². The smallest absolute Gasteiger partial charge is 0.406 e. The van der Waals surface area contributed by atoms with Gasteiger partial charge in [0.15, 0.2) is 0 Å². The number of rotatable bonds is 5. The first kappa shape index (κ1) is 14.8. The molecule has 2 rings (SSSR count). The van der Waals surface area contributed by atoms with E-state index in [1.165, 1.54) is 30.5 Å². The zero-order valence-corrected chi connectivity index (χ0v) is 10.6. The number of hydrogen-bond donors (Lipinski definition) is 1. The first-order chi connectivity index (χ1) is 9.98. The van der Waals surface area contributed by atoms with Crippen LogP contribution in [0.4, 0.5) is 13.2 Å². The van der Waals surface area contributed by atoms with Gasteiger partial charge >= 0.3 is 6.36 Å². The summed E-state index contributed by atoms with van der Waals surface area (Å²) >= 11 is 0. The predicted octanol–water partition coefficient (Wildman–Crippen LogP) is 2.29. The molecule has 1 heterocycles. The second-order valence-electron chi connectivity index (χ2n) is 3.93. The topological polar surface area (TPSA) is 64.1 Å². The Balaban J connectivity index is 2.16. The molecule has 0 spiro atoms. The summed E-state index contributed by atoms with van der Waals surface area (Å²) in [5, 5.41) is 2.43. The number of carbonyl (C=O) groups is 1. The van der Waals surface area contributed by atoms with Crippen LogP contribution in [0.3, 0.4) is 0 Å². The van der Waals surface area contributed by atoms with Crippen molar-refractivity contribution in [3.05, 3.63) is 42.4 Å². The maximum Gasteiger partial charge on any atom is 0.573 e. The lowest BCUT2D eigenvalue weighted by atomic mass is 10.1. The minimum Gasteiger partial charge on any atom is -0.406 e. The summed E-state index contributed by atoms with van der Waals surface area (Å²) in [7, 11) is 0. The van der Waals surface area contributed by atoms with Crippen LogP contribution in [-0.4, -0.2) is 22.7 Å². The molecule has 21 heavy (non-hydrogen) atoms. The van der Waals surface area contributed by atoms with E-state index in [1.54, 1.807) is 6.07 Å². The van der Waals surface area contributed by atoms with Gasteiger partial charge in [-0.05, 0) is 30.3 Å². The third-order valence-corrected chi connectivity index (χ3v) is 2.43. The van der Waals surface area contributed by atoms with Gasteiger partial charge < -0.3 is 10.1 Å². The molecule has 0 aliphatic heterocycles. The largest absolute Gasteiger partial charge is 0.573 e. The highest BCUT2D eigenvalue weighted by Gasteiger charge is 2.30. The van der Waals surface area contributed by atoms with Gasteiger partial charge in [0, 0.05) is 11.8 Å². The van der Waals surface area contributed by atoms with Crippen LogP contribution in [0, 0.1) is 0 Å². The molecule has 0 saturated heterocycles. The van der Waals surface area contributed by atoms with Crippen molar-refractivity contribution in [3.8, 4) is 17.0 Å². The first-order valence-electron chi connectivity index (χ1n) is 5.83. The van der Waals surface area contributed by atoms with Gasteiger partial charge in [0.25, 0.3) is 0 Å². The molecule has 0 radical (unpaired) electrons. The molecule has 0 fully saturated rings. The molecule has 1 aromatic heterocycles. The first-order valence-corrected chi connectivity index (χ1v) is 5.83. The molecule has 0 saturated carbocycles. The highest BCUT2D eigenvalue weighted by Crippen LogP contribution is 2.25. The monoisotopic (exact) mass is 297 g/mol. The number of alkyl halides is 3. The fourth-order valence-corrected chi connectivity index (χ4v) is 1.61. The lowest BCUT2D eigenvalue weighted by Crippen LogP contribution is -2.16. The van der Waals surface area contributed by atoms with Crippen LogP contribution in [0.15, 0.2) is 36.5 Å². The van der Waals surface area contributed by atoms with Crippen molar-refractivity contribution in [3.63, 3.8) is 0 Å². The molecule has 1 amide bonds. The van der Waals surface area contributed by atoms with Gasteiger partial charge in [0.1, 0.15) is 11.6 Å². The van der Waals surface area contributed by atoms with Crippen molar-refractivity contribution in [1.29, 1.82) is 0 Å². The van der Waals surface area contributed by atoms with Gasteiger partial charge in [0.05, 0.1) is 12.2 Å². The zero-order chi connectivity index (χ0) is 15.3. The molecule has 5 nitrogen and oxygen atoms in total. The molecule has 0 bridgehead atoms. The van der Waals surface area contributed by atoms with E-state index in [1.807, 2.05) is 0 Å². The zero-order valence-electron chi connectivity index (χ0n) is 10.6. The van der Waals surface area contributed by atoms with E-state index in [2.05, 4.69) is 20.0 Å². The van der Waals surface area contributed by atoms with Gasteiger partial charge in [-0.2, -0.15) is 0 Å². The molecule has 0 atom stereocenters. The van der Waals surface area contributed by atoms with Crippen LogP contribution in [0.5, 0.6) is 5.75 Å². The Morgan fingerprint density at radius 3 is 2.52 bits per heavy atom. The molecule has 0 aliphatic carbocycles. The normalized spacial score (nSPS) is 11.0. The van der Waals surface area contributed by atoms with E-state index in [-0.39, 0.29) is 12.3 Å². The quantitative estimate of drug-likeness (QED) is 0.860. The maximum atomic E-state index is 12.1. The average molecular weight is 297 g/mol. The van der Waals surface area contributed by atoms with Crippen molar-refractivity contribution >= 4 is 6.41 Å².